The number of carbonyl (C=O) groups is 1. The maximum absolute atomic E-state index is 13.2. The minimum Gasteiger partial charge on any atom is -0.593 e. The summed E-state index contributed by atoms with van der Waals surface area (Å²) < 4.78 is 30.9. The van der Waals surface area contributed by atoms with E-state index >= 15 is 0 Å². The summed E-state index contributed by atoms with van der Waals surface area (Å²) in [6.07, 6.45) is -0.166. The lowest BCUT2D eigenvalue weighted by Crippen LogP contribution is -2.35. The molecule has 1 aliphatic carbocycles. The number of ether oxygens (including phenoxy) is 1. The van der Waals surface area contributed by atoms with Gasteiger partial charge in [0.1, 0.15) is 7.05 Å². The minimum absolute atomic E-state index is 0.00459. The van der Waals surface area contributed by atoms with Crippen molar-refractivity contribution in [2.24, 2.45) is 5.92 Å². The highest BCUT2D eigenvalue weighted by Crippen LogP contribution is 2.37. The minimum atomic E-state index is -2.58. The number of nitrogens with one attached hydrogen (secondary N) is 2. The Morgan fingerprint density at radius 1 is 1.44 bits per heavy atom. The number of benzene rings is 1. The third kappa shape index (κ3) is 5.52. The van der Waals surface area contributed by atoms with Gasteiger partial charge in [0.05, 0.1) is 18.5 Å². The molecule has 0 saturated heterocycles. The Hall–Kier alpha value is -1.97. The first kappa shape index (κ1) is 19.4. The fourth-order valence-electron chi connectivity index (χ4n) is 2.83. The fraction of sp³-hybridized carbons (Fsp3) is 0.562. The highest BCUT2D eigenvalue weighted by Gasteiger charge is 2.34. The predicted molar refractivity (Wildman–Crippen MR) is 90.7 cm³/mol. The molecule has 1 atom stereocenters. The number of hydroxylamine groups is 2. The molecule has 25 heavy (non-hydrogen) atoms. The van der Waals surface area contributed by atoms with Crippen molar-refractivity contribution in [2.45, 2.75) is 31.6 Å². The maximum Gasteiger partial charge on any atom is 0.411 e. The summed E-state index contributed by atoms with van der Waals surface area (Å²) in [6.45, 7) is 0.423. The molecule has 0 spiro atoms. The summed E-state index contributed by atoms with van der Waals surface area (Å²) in [6, 6.07) is 4.43. The number of hydrogen-bond acceptors (Lipinski definition) is 5. The lowest BCUT2D eigenvalue weighted by atomic mass is 9.87. The van der Waals surface area contributed by atoms with Crippen LogP contribution in [-0.2, 0) is 4.74 Å². The van der Waals surface area contributed by atoms with Gasteiger partial charge in [-0.05, 0) is 30.9 Å². The van der Waals surface area contributed by atoms with E-state index < -0.39 is 16.8 Å². The summed E-state index contributed by atoms with van der Waals surface area (Å²) in [4.78, 5) is 9.56. The van der Waals surface area contributed by atoms with E-state index in [1.165, 1.54) is 13.2 Å². The van der Waals surface area contributed by atoms with E-state index in [9.17, 15) is 24.0 Å². The summed E-state index contributed by atoms with van der Waals surface area (Å²) in [7, 11) is 2.24. The number of rotatable bonds is 5. The van der Waals surface area contributed by atoms with Crippen LogP contribution in [0.3, 0.4) is 0 Å². The molecule has 9 heteroatoms. The molecule has 1 unspecified atom stereocenters. The van der Waals surface area contributed by atoms with Crippen LogP contribution in [0.15, 0.2) is 18.2 Å². The Bertz CT molecular complexity index is 610. The van der Waals surface area contributed by atoms with Gasteiger partial charge >= 0.3 is 6.09 Å². The molecule has 3 N–H and O–H groups in total. The Morgan fingerprint density at radius 2 is 2.08 bits per heavy atom. The monoisotopic (exact) mass is 359 g/mol. The largest absolute Gasteiger partial charge is 0.593 e. The van der Waals surface area contributed by atoms with Crippen molar-refractivity contribution in [3.8, 4) is 0 Å². The Kier molecular flexibility index (Phi) is 5.81. The van der Waals surface area contributed by atoms with Crippen molar-refractivity contribution in [1.29, 1.82) is 0 Å². The molecule has 0 aromatic heterocycles. The van der Waals surface area contributed by atoms with Crippen LogP contribution in [0.1, 0.15) is 25.7 Å². The lowest BCUT2D eigenvalue weighted by Gasteiger charge is -2.32. The Morgan fingerprint density at radius 3 is 2.64 bits per heavy atom. The second kappa shape index (κ2) is 7.51. The molecule has 7 nitrogen and oxygen atoms in total. The molecule has 1 aromatic carbocycles. The normalized spacial score (nSPS) is 19.8. The molecule has 1 aliphatic rings. The van der Waals surface area contributed by atoms with Gasteiger partial charge in [0.25, 0.3) is 0 Å². The van der Waals surface area contributed by atoms with E-state index in [0.717, 1.165) is 7.05 Å². The fourth-order valence-corrected chi connectivity index (χ4v) is 2.83. The average Bonchev–Trinajstić information content (AvgIpc) is 2.53. The van der Waals surface area contributed by atoms with Gasteiger partial charge in [0, 0.05) is 25.5 Å². The predicted octanol–water partition coefficient (Wildman–Crippen LogP) is 3.93. The van der Waals surface area contributed by atoms with Crippen molar-refractivity contribution < 1.29 is 23.5 Å². The van der Waals surface area contributed by atoms with E-state index in [-0.39, 0.29) is 24.4 Å². The molecule has 0 heterocycles. The third-order valence-electron chi connectivity index (χ3n) is 4.29. The van der Waals surface area contributed by atoms with E-state index in [1.807, 2.05) is 0 Å². The highest BCUT2D eigenvalue weighted by molar-refractivity contribution is 5.86. The lowest BCUT2D eigenvalue weighted by molar-refractivity contribution is -0.0443. The topological polar surface area (TPSA) is 93.7 Å². The van der Waals surface area contributed by atoms with Crippen LogP contribution in [-0.4, -0.2) is 37.9 Å². The van der Waals surface area contributed by atoms with Crippen molar-refractivity contribution >= 4 is 23.2 Å². The molecule has 1 aromatic rings. The van der Waals surface area contributed by atoms with Gasteiger partial charge in [-0.25, -0.2) is 18.8 Å². The number of carbonyl (C=O) groups excluding carboxylic acids is 1. The van der Waals surface area contributed by atoms with E-state index in [0.29, 0.717) is 30.8 Å². The van der Waals surface area contributed by atoms with Crippen LogP contribution < -0.4 is 15.4 Å². The zero-order valence-corrected chi connectivity index (χ0v) is 14.2. The van der Waals surface area contributed by atoms with E-state index in [2.05, 4.69) is 15.4 Å². The van der Waals surface area contributed by atoms with Crippen LogP contribution in [0.2, 0.25) is 0 Å². The van der Waals surface area contributed by atoms with Gasteiger partial charge in [-0.2, -0.15) is 4.81 Å². The first-order valence-corrected chi connectivity index (χ1v) is 8.02. The molecule has 1 fully saturated rings. The average molecular weight is 359 g/mol. The second-order valence-corrected chi connectivity index (χ2v) is 6.41. The van der Waals surface area contributed by atoms with Crippen LogP contribution in [0, 0.1) is 11.1 Å². The number of amides is 1. The van der Waals surface area contributed by atoms with Crippen LogP contribution in [0.25, 0.3) is 0 Å². The van der Waals surface area contributed by atoms with Crippen molar-refractivity contribution in [2.75, 3.05) is 31.3 Å². The van der Waals surface area contributed by atoms with Crippen molar-refractivity contribution in [3.63, 3.8) is 0 Å². The number of hydrogen-bond donors (Lipinski definition) is 3. The third-order valence-corrected chi connectivity index (χ3v) is 4.29. The van der Waals surface area contributed by atoms with Gasteiger partial charge in [0.15, 0.2) is 5.69 Å². The SMILES string of the molecule is COC(=O)Nc1ccc(NCC2CCC(F)(F)CC2)c([N+](C)([O-])O)c1. The number of nitrogens with zero attached hydrogens (tertiary/aromatic N) is 1. The number of methoxy groups -OCH3 is 1. The van der Waals surface area contributed by atoms with Gasteiger partial charge in [0.2, 0.25) is 5.92 Å². The van der Waals surface area contributed by atoms with E-state index in [4.69, 9.17) is 0 Å². The molecule has 140 valence electrons. The standard InChI is InChI=1S/C16H23F2N3O4/c1-21(23,24)14-9-12(20-15(22)25-2)3-4-13(14)19-10-11-5-7-16(17,18)8-6-11/h3-4,9,11,19,23H,5-8,10H2,1-2H3,(H,20,22). The summed E-state index contributed by atoms with van der Waals surface area (Å²) in [5.41, 5.74) is 0.668. The van der Waals surface area contributed by atoms with Crippen LogP contribution in [0.4, 0.5) is 30.6 Å². The second-order valence-electron chi connectivity index (χ2n) is 6.41. The quantitative estimate of drug-likeness (QED) is 0.547. The van der Waals surface area contributed by atoms with Crippen LogP contribution in [0.5, 0.6) is 0 Å². The highest BCUT2D eigenvalue weighted by atomic mass is 19.3. The Balaban J connectivity index is 2.07. The van der Waals surface area contributed by atoms with Crippen molar-refractivity contribution in [1.82, 2.24) is 4.81 Å². The first-order chi connectivity index (χ1) is 11.6. The molecule has 2 rings (SSSR count). The molecule has 0 aliphatic heterocycles. The number of halogens is 2. The molecular weight excluding hydrogens is 336 g/mol. The summed E-state index contributed by atoms with van der Waals surface area (Å²) in [5.74, 6) is -2.51. The van der Waals surface area contributed by atoms with Gasteiger partial charge in [-0.15, -0.1) is 0 Å². The first-order valence-electron chi connectivity index (χ1n) is 8.02. The van der Waals surface area contributed by atoms with Gasteiger partial charge in [-0.1, -0.05) is 0 Å². The summed E-state index contributed by atoms with van der Waals surface area (Å²) in [5, 5.41) is 27.2. The number of quaternary nitrogens is 1. The molecule has 1 amide bonds. The van der Waals surface area contributed by atoms with Gasteiger partial charge in [-0.3, -0.25) is 5.32 Å². The smallest absolute Gasteiger partial charge is 0.411 e. The maximum atomic E-state index is 13.2. The Labute approximate surface area is 144 Å². The molecule has 0 bridgehead atoms. The molecule has 0 radical (unpaired) electrons. The summed E-state index contributed by atoms with van der Waals surface area (Å²) >= 11 is 0. The number of alkyl halides is 2. The number of anilines is 2. The molecular formula is C16H23F2N3O4. The van der Waals surface area contributed by atoms with Crippen molar-refractivity contribution in [3.05, 3.63) is 23.4 Å². The van der Waals surface area contributed by atoms with E-state index in [1.54, 1.807) is 12.1 Å². The zero-order valence-electron chi connectivity index (χ0n) is 14.2. The van der Waals surface area contributed by atoms with Gasteiger partial charge < -0.3 is 15.3 Å². The van der Waals surface area contributed by atoms with Crippen LogP contribution >= 0.6 is 0 Å². The zero-order chi connectivity index (χ0) is 18.7. The molecule has 1 saturated carbocycles.